The molecule has 23 heavy (non-hydrogen) atoms. The summed E-state index contributed by atoms with van der Waals surface area (Å²) < 4.78 is 58.6. The standard InChI is InChI=1S/C12H6F4N4O3/c13-5-1-2-9(22-12(14,15)16)6(3-5)17-8-4-7-10(18-11(8)21)20-23-19-7/h1-4,17H,(H,18,20,21). The summed E-state index contributed by atoms with van der Waals surface area (Å²) in [6.45, 7) is 0. The van der Waals surface area contributed by atoms with E-state index in [2.05, 4.69) is 30.0 Å². The van der Waals surface area contributed by atoms with Gasteiger partial charge in [-0.2, -0.15) is 0 Å². The molecule has 0 spiro atoms. The quantitative estimate of drug-likeness (QED) is 0.717. The van der Waals surface area contributed by atoms with Crippen LogP contribution in [0.4, 0.5) is 28.9 Å². The number of benzene rings is 1. The Labute approximate surface area is 123 Å². The van der Waals surface area contributed by atoms with Crippen LogP contribution in [0.1, 0.15) is 0 Å². The average molecular weight is 330 g/mol. The number of ether oxygens (including phenoxy) is 1. The molecule has 2 N–H and O–H groups in total. The highest BCUT2D eigenvalue weighted by molar-refractivity contribution is 5.76. The van der Waals surface area contributed by atoms with Crippen molar-refractivity contribution >= 4 is 22.5 Å². The van der Waals surface area contributed by atoms with Gasteiger partial charge in [-0.15, -0.1) is 13.2 Å². The van der Waals surface area contributed by atoms with Crippen LogP contribution in [-0.4, -0.2) is 21.7 Å². The molecule has 3 rings (SSSR count). The van der Waals surface area contributed by atoms with E-state index in [-0.39, 0.29) is 22.5 Å². The molecule has 0 saturated heterocycles. The Bertz CT molecular complexity index is 919. The van der Waals surface area contributed by atoms with Gasteiger partial charge in [0.2, 0.25) is 5.65 Å². The smallest absolute Gasteiger partial charge is 0.404 e. The van der Waals surface area contributed by atoms with Gasteiger partial charge in [0, 0.05) is 12.1 Å². The number of aromatic nitrogens is 3. The normalized spacial score (nSPS) is 11.7. The number of hydrogen-bond acceptors (Lipinski definition) is 6. The molecular weight excluding hydrogens is 324 g/mol. The fourth-order valence-corrected chi connectivity index (χ4v) is 1.81. The number of aromatic amines is 1. The van der Waals surface area contributed by atoms with Crippen molar-refractivity contribution in [3.05, 3.63) is 40.4 Å². The Hall–Kier alpha value is -3.11. The second-order valence-corrected chi connectivity index (χ2v) is 4.32. The lowest BCUT2D eigenvalue weighted by Gasteiger charge is -2.14. The van der Waals surface area contributed by atoms with E-state index in [4.69, 9.17) is 0 Å². The summed E-state index contributed by atoms with van der Waals surface area (Å²) >= 11 is 0. The number of fused-ring (bicyclic) bond motifs is 1. The first-order valence-electron chi connectivity index (χ1n) is 6.00. The molecule has 0 aliphatic heterocycles. The number of halogens is 4. The number of anilines is 2. The number of H-pyrrole nitrogens is 1. The number of nitrogens with zero attached hydrogens (tertiary/aromatic N) is 2. The lowest BCUT2D eigenvalue weighted by Crippen LogP contribution is -2.18. The Morgan fingerprint density at radius 3 is 2.70 bits per heavy atom. The van der Waals surface area contributed by atoms with Crippen LogP contribution in [0.5, 0.6) is 5.75 Å². The van der Waals surface area contributed by atoms with E-state index in [1.54, 1.807) is 0 Å². The van der Waals surface area contributed by atoms with Crippen LogP contribution in [0, 0.1) is 5.82 Å². The summed E-state index contributed by atoms with van der Waals surface area (Å²) in [5, 5.41) is 9.25. The van der Waals surface area contributed by atoms with Crippen molar-refractivity contribution in [1.29, 1.82) is 0 Å². The molecule has 3 aromatic rings. The maximum Gasteiger partial charge on any atom is 0.573 e. The molecule has 0 amide bonds. The maximum atomic E-state index is 13.3. The third-order valence-corrected chi connectivity index (χ3v) is 2.71. The number of pyridine rings is 1. The third-order valence-electron chi connectivity index (χ3n) is 2.71. The average Bonchev–Trinajstić information content (AvgIpc) is 2.88. The molecule has 0 fully saturated rings. The zero-order valence-electron chi connectivity index (χ0n) is 10.9. The molecule has 0 bridgehead atoms. The predicted molar refractivity (Wildman–Crippen MR) is 68.8 cm³/mol. The van der Waals surface area contributed by atoms with Gasteiger partial charge in [0.15, 0.2) is 11.3 Å². The lowest BCUT2D eigenvalue weighted by atomic mass is 10.2. The zero-order chi connectivity index (χ0) is 16.6. The van der Waals surface area contributed by atoms with Crippen LogP contribution < -0.4 is 15.6 Å². The van der Waals surface area contributed by atoms with Gasteiger partial charge in [-0.05, 0) is 22.4 Å². The largest absolute Gasteiger partial charge is 0.573 e. The molecule has 2 heterocycles. The van der Waals surface area contributed by atoms with E-state index < -0.39 is 23.5 Å². The number of alkyl halides is 3. The first kappa shape index (κ1) is 14.8. The molecule has 0 atom stereocenters. The predicted octanol–water partition coefficient (Wildman–Crippen LogP) is 2.69. The van der Waals surface area contributed by atoms with Gasteiger partial charge >= 0.3 is 6.36 Å². The summed E-state index contributed by atoms with van der Waals surface area (Å²) in [6, 6.07) is 3.52. The van der Waals surface area contributed by atoms with Gasteiger partial charge in [0.1, 0.15) is 11.5 Å². The van der Waals surface area contributed by atoms with E-state index >= 15 is 0 Å². The molecule has 0 saturated carbocycles. The molecule has 120 valence electrons. The number of nitrogens with one attached hydrogen (secondary N) is 2. The number of hydrogen-bond donors (Lipinski definition) is 2. The molecular formula is C12H6F4N4O3. The van der Waals surface area contributed by atoms with Gasteiger partial charge < -0.3 is 15.0 Å². The summed E-state index contributed by atoms with van der Waals surface area (Å²) in [6.07, 6.45) is -4.97. The number of rotatable bonds is 3. The summed E-state index contributed by atoms with van der Waals surface area (Å²) in [4.78, 5) is 14.1. The Kier molecular flexibility index (Phi) is 3.39. The molecule has 1 aromatic carbocycles. The van der Waals surface area contributed by atoms with Gasteiger partial charge in [0.05, 0.1) is 5.69 Å². The van der Waals surface area contributed by atoms with Crippen molar-refractivity contribution in [2.75, 3.05) is 5.32 Å². The van der Waals surface area contributed by atoms with Crippen LogP contribution in [0.15, 0.2) is 33.7 Å². The summed E-state index contributed by atoms with van der Waals surface area (Å²) in [5.74, 6) is -1.51. The van der Waals surface area contributed by atoms with Crippen molar-refractivity contribution in [2.45, 2.75) is 6.36 Å². The molecule has 0 aliphatic carbocycles. The van der Waals surface area contributed by atoms with Crippen molar-refractivity contribution in [2.24, 2.45) is 0 Å². The highest BCUT2D eigenvalue weighted by atomic mass is 19.4. The Morgan fingerprint density at radius 2 is 1.96 bits per heavy atom. The summed E-state index contributed by atoms with van der Waals surface area (Å²) in [5.41, 5.74) is -1.07. The van der Waals surface area contributed by atoms with Crippen molar-refractivity contribution in [3.8, 4) is 5.75 Å². The van der Waals surface area contributed by atoms with Crippen molar-refractivity contribution in [3.63, 3.8) is 0 Å². The topological polar surface area (TPSA) is 93.0 Å². The lowest BCUT2D eigenvalue weighted by molar-refractivity contribution is -0.274. The van der Waals surface area contributed by atoms with Crippen LogP contribution in [0.3, 0.4) is 0 Å². The maximum absolute atomic E-state index is 13.3. The van der Waals surface area contributed by atoms with Gasteiger partial charge in [-0.25, -0.2) is 9.02 Å². The van der Waals surface area contributed by atoms with Crippen LogP contribution in [0.2, 0.25) is 0 Å². The molecule has 11 heteroatoms. The van der Waals surface area contributed by atoms with Gasteiger partial charge in [-0.3, -0.25) is 4.79 Å². The second-order valence-electron chi connectivity index (χ2n) is 4.32. The minimum absolute atomic E-state index is 0.0616. The molecule has 0 unspecified atom stereocenters. The van der Waals surface area contributed by atoms with Gasteiger partial charge in [0.25, 0.3) is 5.56 Å². The second kappa shape index (κ2) is 5.26. The first-order chi connectivity index (χ1) is 10.8. The van der Waals surface area contributed by atoms with Gasteiger partial charge in [-0.1, -0.05) is 0 Å². The monoisotopic (exact) mass is 330 g/mol. The van der Waals surface area contributed by atoms with Crippen LogP contribution in [0.25, 0.3) is 11.2 Å². The Balaban J connectivity index is 2.02. The summed E-state index contributed by atoms with van der Waals surface area (Å²) in [7, 11) is 0. The fourth-order valence-electron chi connectivity index (χ4n) is 1.81. The van der Waals surface area contributed by atoms with Crippen LogP contribution in [-0.2, 0) is 0 Å². The highest BCUT2D eigenvalue weighted by Crippen LogP contribution is 2.32. The fraction of sp³-hybridized carbons (Fsp3) is 0.0833. The van der Waals surface area contributed by atoms with E-state index in [1.807, 2.05) is 0 Å². The minimum Gasteiger partial charge on any atom is -0.404 e. The van der Waals surface area contributed by atoms with Crippen molar-refractivity contribution < 1.29 is 26.9 Å². The van der Waals surface area contributed by atoms with Crippen molar-refractivity contribution in [1.82, 2.24) is 15.3 Å². The third kappa shape index (κ3) is 3.22. The molecule has 7 nitrogen and oxygen atoms in total. The molecule has 0 radical (unpaired) electrons. The molecule has 2 aromatic heterocycles. The SMILES string of the molecule is O=c1[nH]c2nonc2cc1Nc1cc(F)ccc1OC(F)(F)F. The van der Waals surface area contributed by atoms with E-state index in [1.165, 1.54) is 6.07 Å². The van der Waals surface area contributed by atoms with E-state index in [0.717, 1.165) is 18.2 Å². The minimum atomic E-state index is -4.97. The molecule has 0 aliphatic rings. The van der Waals surface area contributed by atoms with Crippen LogP contribution >= 0.6 is 0 Å². The van der Waals surface area contributed by atoms with E-state index in [0.29, 0.717) is 0 Å². The zero-order valence-corrected chi connectivity index (χ0v) is 10.9. The first-order valence-corrected chi connectivity index (χ1v) is 6.00. The van der Waals surface area contributed by atoms with E-state index in [9.17, 15) is 22.4 Å². The Morgan fingerprint density at radius 1 is 1.17 bits per heavy atom. The highest BCUT2D eigenvalue weighted by Gasteiger charge is 2.32.